The van der Waals surface area contributed by atoms with Gasteiger partial charge in [-0.1, -0.05) is 20.3 Å². The first-order valence-electron chi connectivity index (χ1n) is 8.06. The molecule has 1 heterocycles. The maximum Gasteiger partial charge on any atom is 0.392 e. The van der Waals surface area contributed by atoms with Crippen molar-refractivity contribution in [3.05, 3.63) is 10.1 Å². The predicted octanol–water partition coefficient (Wildman–Crippen LogP) is 2.44. The lowest BCUT2D eigenvalue weighted by Gasteiger charge is -2.22. The predicted molar refractivity (Wildman–Crippen MR) is 90.0 cm³/mol. The van der Waals surface area contributed by atoms with Crippen molar-refractivity contribution >= 4 is 11.6 Å². The number of ether oxygens (including phenoxy) is 3. The fourth-order valence-electron chi connectivity index (χ4n) is 2.09. The Labute approximate surface area is 142 Å². The van der Waals surface area contributed by atoms with Crippen LogP contribution in [0.15, 0.2) is 0 Å². The minimum atomic E-state index is -0.612. The van der Waals surface area contributed by atoms with Crippen LogP contribution in [0.1, 0.15) is 33.1 Å². The third kappa shape index (κ3) is 5.48. The average Bonchev–Trinajstić information content (AvgIpc) is 2.59. The first kappa shape index (κ1) is 19.9. The minimum Gasteiger partial charge on any atom is -0.476 e. The number of methoxy groups -OCH3 is 2. The van der Waals surface area contributed by atoms with Gasteiger partial charge in [-0.3, -0.25) is 10.1 Å². The first-order valence-corrected chi connectivity index (χ1v) is 8.06. The van der Waals surface area contributed by atoms with Crippen LogP contribution in [0, 0.1) is 10.1 Å². The van der Waals surface area contributed by atoms with Gasteiger partial charge in [0.1, 0.15) is 0 Å². The molecule has 0 fully saturated rings. The molecule has 0 amide bonds. The smallest absolute Gasteiger partial charge is 0.392 e. The summed E-state index contributed by atoms with van der Waals surface area (Å²) in [7, 11) is 2.66. The summed E-state index contributed by atoms with van der Waals surface area (Å²) >= 11 is 0. The van der Waals surface area contributed by atoms with Crippen molar-refractivity contribution < 1.29 is 19.1 Å². The van der Waals surface area contributed by atoms with Gasteiger partial charge in [0, 0.05) is 19.7 Å². The molecule has 1 aromatic heterocycles. The Bertz CT molecular complexity index is 502. The Hall–Kier alpha value is -2.16. The lowest BCUT2D eigenvalue weighted by Crippen LogP contribution is -2.30. The summed E-state index contributed by atoms with van der Waals surface area (Å²) < 4.78 is 15.7. The van der Waals surface area contributed by atoms with Crippen molar-refractivity contribution in [1.29, 1.82) is 0 Å². The van der Waals surface area contributed by atoms with Crippen molar-refractivity contribution in [1.82, 2.24) is 9.97 Å². The van der Waals surface area contributed by atoms with Crippen molar-refractivity contribution in [3.8, 4) is 11.8 Å². The summed E-state index contributed by atoms with van der Waals surface area (Å²) in [5.74, 6) is 0.0972. The van der Waals surface area contributed by atoms with Crippen LogP contribution in [0.3, 0.4) is 0 Å². The highest BCUT2D eigenvalue weighted by Gasteiger charge is 2.28. The van der Waals surface area contributed by atoms with Crippen LogP contribution >= 0.6 is 0 Å². The van der Waals surface area contributed by atoms with E-state index in [9.17, 15) is 10.1 Å². The second-order valence-corrected chi connectivity index (χ2v) is 5.10. The van der Waals surface area contributed by atoms with E-state index < -0.39 is 4.92 Å². The normalized spacial score (nSPS) is 10.5. The number of anilines is 1. The molecule has 0 atom stereocenters. The summed E-state index contributed by atoms with van der Waals surface area (Å²) in [5.41, 5.74) is -0.376. The van der Waals surface area contributed by atoms with E-state index in [1.165, 1.54) is 14.2 Å². The van der Waals surface area contributed by atoms with Crippen LogP contribution in [0.25, 0.3) is 0 Å². The van der Waals surface area contributed by atoms with Gasteiger partial charge in [-0.15, -0.1) is 0 Å². The highest BCUT2D eigenvalue weighted by atomic mass is 16.6. The van der Waals surface area contributed by atoms with E-state index in [1.54, 1.807) is 0 Å². The van der Waals surface area contributed by atoms with Crippen LogP contribution < -0.4 is 14.4 Å². The number of aromatic nitrogens is 2. The van der Waals surface area contributed by atoms with Gasteiger partial charge < -0.3 is 19.1 Å². The lowest BCUT2D eigenvalue weighted by molar-refractivity contribution is -0.387. The van der Waals surface area contributed by atoms with E-state index in [1.807, 2.05) is 11.8 Å². The molecule has 1 rings (SSSR count). The summed E-state index contributed by atoms with van der Waals surface area (Å²) in [6.07, 6.45) is 2.97. The number of nitrogens with zero attached hydrogens (tertiary/aromatic N) is 4. The Morgan fingerprint density at radius 2 is 1.67 bits per heavy atom. The summed E-state index contributed by atoms with van der Waals surface area (Å²) in [4.78, 5) is 20.8. The van der Waals surface area contributed by atoms with Crippen molar-refractivity contribution in [2.24, 2.45) is 0 Å². The Morgan fingerprint density at radius 1 is 1.04 bits per heavy atom. The molecule has 0 bridgehead atoms. The fourth-order valence-corrected chi connectivity index (χ4v) is 2.09. The molecule has 0 saturated carbocycles. The SMILES string of the molecule is CCCCOCCN(CCC)c1nc(OC)c([N+](=O)[O-])c(OC)n1. The lowest BCUT2D eigenvalue weighted by atomic mass is 10.4. The van der Waals surface area contributed by atoms with Gasteiger partial charge in [-0.05, 0) is 12.8 Å². The molecular formula is C15H26N4O5. The van der Waals surface area contributed by atoms with E-state index in [0.717, 1.165) is 19.3 Å². The van der Waals surface area contributed by atoms with Crippen molar-refractivity contribution in [2.45, 2.75) is 33.1 Å². The first-order chi connectivity index (χ1) is 11.6. The Kier molecular flexibility index (Phi) is 8.77. The zero-order chi connectivity index (χ0) is 17.9. The van der Waals surface area contributed by atoms with Gasteiger partial charge in [0.25, 0.3) is 0 Å². The molecule has 24 heavy (non-hydrogen) atoms. The van der Waals surface area contributed by atoms with Crippen molar-refractivity contribution in [3.63, 3.8) is 0 Å². The highest BCUT2D eigenvalue weighted by molar-refractivity contribution is 5.54. The maximum atomic E-state index is 11.2. The van der Waals surface area contributed by atoms with Crippen LogP contribution in [0.4, 0.5) is 11.6 Å². The van der Waals surface area contributed by atoms with Gasteiger partial charge in [0.2, 0.25) is 5.95 Å². The molecule has 1 aromatic rings. The standard InChI is InChI=1S/C15H26N4O5/c1-5-7-10-24-11-9-18(8-6-2)15-16-13(22-3)12(19(20)21)14(17-15)23-4/h5-11H2,1-4H3. The highest BCUT2D eigenvalue weighted by Crippen LogP contribution is 2.35. The maximum absolute atomic E-state index is 11.2. The number of rotatable bonds is 12. The molecule has 0 radical (unpaired) electrons. The molecule has 0 saturated heterocycles. The van der Waals surface area contributed by atoms with Crippen LogP contribution in [-0.2, 0) is 4.74 Å². The molecule has 0 aliphatic carbocycles. The zero-order valence-electron chi connectivity index (χ0n) is 14.8. The summed E-state index contributed by atoms with van der Waals surface area (Å²) in [6, 6.07) is 0. The van der Waals surface area contributed by atoms with Gasteiger partial charge in [-0.2, -0.15) is 9.97 Å². The number of unbranched alkanes of at least 4 members (excludes halogenated alkanes) is 1. The third-order valence-corrected chi connectivity index (χ3v) is 3.30. The monoisotopic (exact) mass is 342 g/mol. The molecule has 0 aliphatic heterocycles. The molecule has 136 valence electrons. The molecule has 0 unspecified atom stereocenters. The third-order valence-electron chi connectivity index (χ3n) is 3.30. The van der Waals surface area contributed by atoms with E-state index in [4.69, 9.17) is 14.2 Å². The minimum absolute atomic E-state index is 0.116. The summed E-state index contributed by atoms with van der Waals surface area (Å²) in [6.45, 7) is 6.67. The fraction of sp³-hybridized carbons (Fsp3) is 0.733. The molecule has 0 spiro atoms. The zero-order valence-corrected chi connectivity index (χ0v) is 14.8. The molecule has 9 heteroatoms. The van der Waals surface area contributed by atoms with Gasteiger partial charge in [0.05, 0.1) is 25.7 Å². The Morgan fingerprint density at radius 3 is 2.12 bits per heavy atom. The van der Waals surface area contributed by atoms with Gasteiger partial charge in [0.15, 0.2) is 0 Å². The molecule has 0 aliphatic rings. The topological polar surface area (TPSA) is 99.9 Å². The van der Waals surface area contributed by atoms with E-state index in [0.29, 0.717) is 32.3 Å². The largest absolute Gasteiger partial charge is 0.476 e. The second-order valence-electron chi connectivity index (χ2n) is 5.10. The second kappa shape index (κ2) is 10.6. The molecule has 0 N–H and O–H groups in total. The quantitative estimate of drug-likeness (QED) is 0.324. The van der Waals surface area contributed by atoms with Crippen molar-refractivity contribution in [2.75, 3.05) is 45.4 Å². The average molecular weight is 342 g/mol. The molecule has 9 nitrogen and oxygen atoms in total. The number of hydrogen-bond donors (Lipinski definition) is 0. The molecule has 0 aromatic carbocycles. The van der Waals surface area contributed by atoms with Crippen LogP contribution in [-0.4, -0.2) is 55.4 Å². The van der Waals surface area contributed by atoms with E-state index >= 15 is 0 Å². The Balaban J connectivity index is 2.99. The number of hydrogen-bond acceptors (Lipinski definition) is 8. The van der Waals surface area contributed by atoms with E-state index in [-0.39, 0.29) is 17.4 Å². The summed E-state index contributed by atoms with van der Waals surface area (Å²) in [5, 5.41) is 11.2. The van der Waals surface area contributed by atoms with Gasteiger partial charge >= 0.3 is 17.4 Å². The molecular weight excluding hydrogens is 316 g/mol. The van der Waals surface area contributed by atoms with Crippen LogP contribution in [0.5, 0.6) is 11.8 Å². The van der Waals surface area contributed by atoms with Crippen LogP contribution in [0.2, 0.25) is 0 Å². The van der Waals surface area contributed by atoms with E-state index in [2.05, 4.69) is 16.9 Å². The number of nitro groups is 1. The van der Waals surface area contributed by atoms with Gasteiger partial charge in [-0.25, -0.2) is 0 Å².